The Bertz CT molecular complexity index is 547. The zero-order chi connectivity index (χ0) is 13.0. The van der Waals surface area contributed by atoms with Crippen LogP contribution in [0.15, 0.2) is 35.5 Å². The highest BCUT2D eigenvalue weighted by Gasteiger charge is 2.02. The minimum absolute atomic E-state index is 0.249. The van der Waals surface area contributed by atoms with Gasteiger partial charge in [-0.1, -0.05) is 23.9 Å². The zero-order valence-electron chi connectivity index (χ0n) is 9.85. The minimum Gasteiger partial charge on any atom is -0.383 e. The Morgan fingerprint density at radius 3 is 2.89 bits per heavy atom. The van der Waals surface area contributed by atoms with Crippen LogP contribution in [-0.2, 0) is 6.54 Å². The van der Waals surface area contributed by atoms with Crippen LogP contribution in [0.1, 0.15) is 5.56 Å². The van der Waals surface area contributed by atoms with E-state index in [-0.39, 0.29) is 5.82 Å². The molecule has 0 spiro atoms. The molecule has 18 heavy (non-hydrogen) atoms. The van der Waals surface area contributed by atoms with Gasteiger partial charge in [-0.3, -0.25) is 0 Å². The number of rotatable bonds is 4. The summed E-state index contributed by atoms with van der Waals surface area (Å²) in [7, 11) is 0. The fraction of sp³-hybridized carbons (Fsp3) is 0.167. The van der Waals surface area contributed by atoms with Gasteiger partial charge in [-0.25, -0.2) is 14.4 Å². The Hall–Kier alpha value is -1.82. The largest absolute Gasteiger partial charge is 0.383 e. The summed E-state index contributed by atoms with van der Waals surface area (Å²) < 4.78 is 13.0. The van der Waals surface area contributed by atoms with E-state index in [2.05, 4.69) is 15.3 Å². The van der Waals surface area contributed by atoms with E-state index in [1.165, 1.54) is 23.9 Å². The van der Waals surface area contributed by atoms with Crippen molar-refractivity contribution in [2.24, 2.45) is 0 Å². The van der Waals surface area contributed by atoms with E-state index in [9.17, 15) is 4.39 Å². The third kappa shape index (κ3) is 3.33. The van der Waals surface area contributed by atoms with Crippen LogP contribution < -0.4 is 11.1 Å². The van der Waals surface area contributed by atoms with Crippen LogP contribution >= 0.6 is 11.8 Å². The van der Waals surface area contributed by atoms with Gasteiger partial charge in [0.05, 0.1) is 0 Å². The average molecular weight is 264 g/mol. The van der Waals surface area contributed by atoms with Crippen LogP contribution in [0.2, 0.25) is 0 Å². The summed E-state index contributed by atoms with van der Waals surface area (Å²) in [6.07, 6.45) is 1.88. The molecule has 0 saturated heterocycles. The van der Waals surface area contributed by atoms with Gasteiger partial charge < -0.3 is 11.1 Å². The second kappa shape index (κ2) is 5.68. The molecular weight excluding hydrogens is 251 g/mol. The molecule has 0 atom stereocenters. The number of nitrogens with zero attached hydrogens (tertiary/aromatic N) is 2. The van der Waals surface area contributed by atoms with Crippen LogP contribution in [0.5, 0.6) is 0 Å². The first kappa shape index (κ1) is 12.6. The van der Waals surface area contributed by atoms with Crippen LogP contribution in [0, 0.1) is 5.82 Å². The third-order valence-electron chi connectivity index (χ3n) is 2.27. The van der Waals surface area contributed by atoms with Crippen LogP contribution in [0.4, 0.5) is 16.0 Å². The van der Waals surface area contributed by atoms with Crippen molar-refractivity contribution in [2.75, 3.05) is 17.3 Å². The number of hydrogen-bond donors (Lipinski definition) is 2. The van der Waals surface area contributed by atoms with Crippen molar-refractivity contribution in [1.29, 1.82) is 0 Å². The summed E-state index contributed by atoms with van der Waals surface area (Å²) in [5.41, 5.74) is 6.51. The van der Waals surface area contributed by atoms with Gasteiger partial charge >= 0.3 is 0 Å². The predicted molar refractivity (Wildman–Crippen MR) is 72.0 cm³/mol. The lowest BCUT2D eigenvalue weighted by molar-refractivity contribution is 0.626. The molecule has 0 unspecified atom stereocenters. The molecule has 2 rings (SSSR count). The van der Waals surface area contributed by atoms with Crippen LogP contribution in [0.3, 0.4) is 0 Å². The number of benzene rings is 1. The molecule has 4 nitrogen and oxygen atoms in total. The molecule has 6 heteroatoms. The first-order chi connectivity index (χ1) is 8.67. The van der Waals surface area contributed by atoms with E-state index >= 15 is 0 Å². The molecule has 0 aliphatic heterocycles. The van der Waals surface area contributed by atoms with E-state index in [1.807, 2.05) is 12.3 Å². The fourth-order valence-corrected chi connectivity index (χ4v) is 1.85. The first-order valence-corrected chi connectivity index (χ1v) is 6.57. The molecule has 0 fully saturated rings. The summed E-state index contributed by atoms with van der Waals surface area (Å²) in [5, 5.41) is 3.70. The number of nitrogen functional groups attached to an aromatic ring is 1. The highest BCUT2D eigenvalue weighted by atomic mass is 32.2. The van der Waals surface area contributed by atoms with E-state index in [1.54, 1.807) is 12.1 Å². The lowest BCUT2D eigenvalue weighted by Crippen LogP contribution is -2.04. The highest BCUT2D eigenvalue weighted by Crippen LogP contribution is 2.16. The zero-order valence-corrected chi connectivity index (χ0v) is 10.7. The van der Waals surface area contributed by atoms with E-state index in [0.29, 0.717) is 23.3 Å². The second-order valence-electron chi connectivity index (χ2n) is 3.65. The lowest BCUT2D eigenvalue weighted by Gasteiger charge is -2.07. The molecule has 0 saturated carbocycles. The lowest BCUT2D eigenvalue weighted by atomic mass is 10.2. The summed E-state index contributed by atoms with van der Waals surface area (Å²) in [5.74, 6) is 0.800. The summed E-state index contributed by atoms with van der Waals surface area (Å²) in [6.45, 7) is 0.488. The van der Waals surface area contributed by atoms with Gasteiger partial charge in [0.15, 0.2) is 5.16 Å². The molecule has 1 aromatic carbocycles. The Balaban J connectivity index is 2.08. The molecule has 1 aromatic heterocycles. The van der Waals surface area contributed by atoms with E-state index in [0.717, 1.165) is 5.56 Å². The van der Waals surface area contributed by atoms with Crippen molar-refractivity contribution in [3.8, 4) is 0 Å². The normalized spacial score (nSPS) is 10.3. The molecule has 0 aliphatic rings. The first-order valence-electron chi connectivity index (χ1n) is 5.34. The average Bonchev–Trinajstić information content (AvgIpc) is 2.36. The van der Waals surface area contributed by atoms with E-state index in [4.69, 9.17) is 5.73 Å². The van der Waals surface area contributed by atoms with Gasteiger partial charge in [0, 0.05) is 12.6 Å². The molecule has 0 aliphatic carbocycles. The van der Waals surface area contributed by atoms with Crippen molar-refractivity contribution < 1.29 is 4.39 Å². The van der Waals surface area contributed by atoms with Crippen molar-refractivity contribution in [3.63, 3.8) is 0 Å². The number of nitrogens with one attached hydrogen (secondary N) is 1. The van der Waals surface area contributed by atoms with Gasteiger partial charge in [-0.15, -0.1) is 0 Å². The third-order valence-corrected chi connectivity index (χ3v) is 2.82. The van der Waals surface area contributed by atoms with Crippen molar-refractivity contribution in [3.05, 3.63) is 41.7 Å². The molecule has 0 bridgehead atoms. The molecule has 3 N–H and O–H groups in total. The summed E-state index contributed by atoms with van der Waals surface area (Å²) in [4.78, 5) is 8.31. The number of aromatic nitrogens is 2. The Morgan fingerprint density at radius 2 is 2.17 bits per heavy atom. The van der Waals surface area contributed by atoms with Crippen molar-refractivity contribution in [2.45, 2.75) is 11.7 Å². The maximum Gasteiger partial charge on any atom is 0.191 e. The number of anilines is 2. The molecule has 0 amide bonds. The number of nitrogens with two attached hydrogens (primary N) is 1. The Kier molecular flexibility index (Phi) is 3.99. The maximum atomic E-state index is 13.0. The molecule has 0 radical (unpaired) electrons. The van der Waals surface area contributed by atoms with Gasteiger partial charge in [0.1, 0.15) is 17.5 Å². The summed E-state index contributed by atoms with van der Waals surface area (Å²) in [6, 6.07) is 8.06. The number of thioether (sulfide) groups is 1. The van der Waals surface area contributed by atoms with Crippen molar-refractivity contribution >= 4 is 23.4 Å². The number of halogens is 1. The second-order valence-corrected chi connectivity index (χ2v) is 4.42. The predicted octanol–water partition coefficient (Wildman–Crippen LogP) is 2.53. The van der Waals surface area contributed by atoms with Crippen molar-refractivity contribution in [1.82, 2.24) is 9.97 Å². The number of hydrogen-bond acceptors (Lipinski definition) is 5. The molecule has 2 aromatic rings. The SMILES string of the molecule is CSc1nc(N)cc(NCc2cccc(F)c2)n1. The molecular formula is C12H13FN4S. The quantitative estimate of drug-likeness (QED) is 0.656. The topological polar surface area (TPSA) is 63.8 Å². The van der Waals surface area contributed by atoms with Gasteiger partial charge in [-0.2, -0.15) is 0 Å². The standard InChI is InChI=1S/C12H13FN4S/c1-18-12-16-10(14)6-11(17-12)15-7-8-3-2-4-9(13)5-8/h2-6H,7H2,1H3,(H3,14,15,16,17). The van der Waals surface area contributed by atoms with Crippen LogP contribution in [-0.4, -0.2) is 16.2 Å². The smallest absolute Gasteiger partial charge is 0.191 e. The monoisotopic (exact) mass is 264 g/mol. The van der Waals surface area contributed by atoms with Gasteiger partial charge in [0.25, 0.3) is 0 Å². The van der Waals surface area contributed by atoms with Crippen LogP contribution in [0.25, 0.3) is 0 Å². The Morgan fingerprint density at radius 1 is 1.33 bits per heavy atom. The maximum absolute atomic E-state index is 13.0. The van der Waals surface area contributed by atoms with Gasteiger partial charge in [-0.05, 0) is 24.0 Å². The Labute approximate surface area is 109 Å². The molecule has 94 valence electrons. The fourth-order valence-electron chi connectivity index (χ4n) is 1.46. The minimum atomic E-state index is -0.249. The van der Waals surface area contributed by atoms with E-state index < -0.39 is 0 Å². The highest BCUT2D eigenvalue weighted by molar-refractivity contribution is 7.98. The van der Waals surface area contributed by atoms with Gasteiger partial charge in [0.2, 0.25) is 0 Å². The molecule has 1 heterocycles. The summed E-state index contributed by atoms with van der Waals surface area (Å²) >= 11 is 1.42.